The van der Waals surface area contributed by atoms with Crippen molar-refractivity contribution in [3.8, 4) is 11.6 Å². The largest absolute Gasteiger partial charge is 0.491 e. The van der Waals surface area contributed by atoms with Gasteiger partial charge in [0, 0.05) is 19.9 Å². The first-order valence-electron chi connectivity index (χ1n) is 10.2. The molecule has 1 aromatic heterocycles. The molecule has 0 radical (unpaired) electrons. The smallest absolute Gasteiger partial charge is 0.257 e. The molecule has 0 saturated carbocycles. The number of amides is 2. The quantitative estimate of drug-likeness (QED) is 0.467. The van der Waals surface area contributed by atoms with Crippen LogP contribution >= 0.6 is 11.8 Å². The van der Waals surface area contributed by atoms with Gasteiger partial charge in [0.05, 0.1) is 42.3 Å². The van der Waals surface area contributed by atoms with E-state index in [4.69, 9.17) is 14.2 Å². The third-order valence-corrected chi connectivity index (χ3v) is 5.45. The van der Waals surface area contributed by atoms with Gasteiger partial charge in [0.1, 0.15) is 6.61 Å². The van der Waals surface area contributed by atoms with Crippen molar-refractivity contribution in [3.05, 3.63) is 47.2 Å². The van der Waals surface area contributed by atoms with Crippen molar-refractivity contribution in [1.29, 1.82) is 0 Å². The van der Waals surface area contributed by atoms with E-state index in [1.807, 2.05) is 13.2 Å². The van der Waals surface area contributed by atoms with Crippen molar-refractivity contribution >= 4 is 35.5 Å². The third-order valence-electron chi connectivity index (χ3n) is 4.81. The summed E-state index contributed by atoms with van der Waals surface area (Å²) in [6.07, 6.45) is 2.49. The minimum atomic E-state index is -0.426. The normalized spacial score (nSPS) is 11.4. The molecule has 2 rings (SSSR count). The maximum atomic E-state index is 13.4. The number of carbonyl (C=O) groups is 3. The zero-order valence-electron chi connectivity index (χ0n) is 19.4. The van der Waals surface area contributed by atoms with Gasteiger partial charge in [-0.05, 0) is 37.4 Å². The maximum Gasteiger partial charge on any atom is 0.257 e. The van der Waals surface area contributed by atoms with Gasteiger partial charge < -0.3 is 24.4 Å². The van der Waals surface area contributed by atoms with Gasteiger partial charge in [0.15, 0.2) is 12.0 Å². The summed E-state index contributed by atoms with van der Waals surface area (Å²) < 4.78 is 15.7. The van der Waals surface area contributed by atoms with E-state index in [9.17, 15) is 14.4 Å². The molecule has 2 aromatic rings. The molecule has 1 heterocycles. The van der Waals surface area contributed by atoms with Gasteiger partial charge in [-0.2, -0.15) is 11.8 Å². The van der Waals surface area contributed by atoms with Crippen molar-refractivity contribution in [2.75, 3.05) is 51.8 Å². The topological polar surface area (TPSA) is 107 Å². The van der Waals surface area contributed by atoms with Crippen molar-refractivity contribution in [1.82, 2.24) is 9.88 Å². The molecule has 0 spiro atoms. The predicted octanol–water partition coefficient (Wildman–Crippen LogP) is 3.06. The Hall–Kier alpha value is -3.11. The molecular weight excluding hydrogens is 446 g/mol. The van der Waals surface area contributed by atoms with Crippen molar-refractivity contribution in [2.45, 2.75) is 13.0 Å². The molecule has 1 atom stereocenters. The Morgan fingerprint density at radius 3 is 2.61 bits per heavy atom. The summed E-state index contributed by atoms with van der Waals surface area (Å²) in [5.41, 5.74) is 1.14. The molecule has 0 aliphatic rings. The molecule has 33 heavy (non-hydrogen) atoms. The first-order valence-corrected chi connectivity index (χ1v) is 11.6. The number of carbonyl (C=O) groups excluding carboxylic acids is 3. The Morgan fingerprint density at radius 1 is 1.24 bits per heavy atom. The number of aromatic nitrogens is 1. The van der Waals surface area contributed by atoms with Crippen LogP contribution in [0.1, 0.15) is 39.4 Å². The Kier molecular flexibility index (Phi) is 10.1. The summed E-state index contributed by atoms with van der Waals surface area (Å²) in [5, 5.41) is 2.60. The van der Waals surface area contributed by atoms with Crippen molar-refractivity contribution in [3.63, 3.8) is 0 Å². The molecule has 0 fully saturated rings. The van der Waals surface area contributed by atoms with E-state index in [0.717, 1.165) is 0 Å². The maximum absolute atomic E-state index is 13.4. The lowest BCUT2D eigenvalue weighted by atomic mass is 10.0. The fourth-order valence-electron chi connectivity index (χ4n) is 3.21. The zero-order valence-corrected chi connectivity index (χ0v) is 20.2. The average molecular weight is 476 g/mol. The van der Waals surface area contributed by atoms with Crippen LogP contribution in [0.2, 0.25) is 0 Å². The molecule has 0 aliphatic carbocycles. The molecule has 9 nitrogen and oxygen atoms in total. The number of aldehydes is 1. The number of ether oxygens (including phenoxy) is 3. The number of rotatable bonds is 12. The lowest BCUT2D eigenvalue weighted by molar-refractivity contribution is -0.119. The van der Waals surface area contributed by atoms with Gasteiger partial charge in [-0.3, -0.25) is 14.4 Å². The highest BCUT2D eigenvalue weighted by Gasteiger charge is 2.27. The molecule has 178 valence electrons. The SMILES string of the molecule is CCOc1nc(C(CSC)N(C)C(=O)c2cccc(NC(=O)COC)c2C=O)ccc1OC. The fourth-order valence-corrected chi connectivity index (χ4v) is 3.92. The summed E-state index contributed by atoms with van der Waals surface area (Å²) in [6.45, 7) is 2.10. The Balaban J connectivity index is 2.42. The Labute approximate surface area is 197 Å². The van der Waals surface area contributed by atoms with Crippen molar-refractivity contribution in [2.24, 2.45) is 0 Å². The lowest BCUT2D eigenvalue weighted by Crippen LogP contribution is -2.34. The van der Waals surface area contributed by atoms with Gasteiger partial charge in [-0.25, -0.2) is 4.98 Å². The molecule has 0 bridgehead atoms. The summed E-state index contributed by atoms with van der Waals surface area (Å²) >= 11 is 1.56. The van der Waals surface area contributed by atoms with Gasteiger partial charge in [0.2, 0.25) is 5.91 Å². The Morgan fingerprint density at radius 2 is 2.00 bits per heavy atom. The van der Waals surface area contributed by atoms with Crippen LogP contribution in [-0.2, 0) is 9.53 Å². The molecule has 0 saturated heterocycles. The average Bonchev–Trinajstić information content (AvgIpc) is 2.81. The second-order valence-corrected chi connectivity index (χ2v) is 7.84. The fraction of sp³-hybridized carbons (Fsp3) is 0.391. The molecule has 1 N–H and O–H groups in total. The first-order chi connectivity index (χ1) is 15.9. The van der Waals surface area contributed by atoms with E-state index in [0.29, 0.717) is 36.0 Å². The molecular formula is C23H29N3O6S. The predicted molar refractivity (Wildman–Crippen MR) is 128 cm³/mol. The van der Waals surface area contributed by atoms with Crippen LogP contribution in [0.3, 0.4) is 0 Å². The summed E-state index contributed by atoms with van der Waals surface area (Å²) in [7, 11) is 4.58. The van der Waals surface area contributed by atoms with Crippen molar-refractivity contribution < 1.29 is 28.6 Å². The van der Waals surface area contributed by atoms with E-state index >= 15 is 0 Å². The minimum Gasteiger partial charge on any atom is -0.491 e. The molecule has 1 unspecified atom stereocenters. The summed E-state index contributed by atoms with van der Waals surface area (Å²) in [5.74, 6) is 0.605. The third kappa shape index (κ3) is 6.45. The number of pyridine rings is 1. The number of nitrogens with one attached hydrogen (secondary N) is 1. The highest BCUT2D eigenvalue weighted by Crippen LogP contribution is 2.31. The molecule has 1 aromatic carbocycles. The van der Waals surface area contributed by atoms with Crippen LogP contribution in [0.15, 0.2) is 30.3 Å². The number of thioether (sulfide) groups is 1. The first kappa shape index (κ1) is 26.1. The van der Waals surface area contributed by atoms with Crippen LogP contribution in [0.5, 0.6) is 11.6 Å². The lowest BCUT2D eigenvalue weighted by Gasteiger charge is -2.28. The van der Waals surface area contributed by atoms with Gasteiger partial charge in [-0.15, -0.1) is 0 Å². The molecule has 10 heteroatoms. The van der Waals surface area contributed by atoms with Crippen LogP contribution in [0.4, 0.5) is 5.69 Å². The van der Waals surface area contributed by atoms with Crippen LogP contribution in [0, 0.1) is 0 Å². The highest BCUT2D eigenvalue weighted by atomic mass is 32.2. The van der Waals surface area contributed by atoms with Crippen LogP contribution < -0.4 is 14.8 Å². The van der Waals surface area contributed by atoms with Gasteiger partial charge >= 0.3 is 0 Å². The van der Waals surface area contributed by atoms with Gasteiger partial charge in [-0.1, -0.05) is 6.07 Å². The summed E-state index contributed by atoms with van der Waals surface area (Å²) in [4.78, 5) is 43.4. The number of methoxy groups -OCH3 is 2. The van der Waals surface area contributed by atoms with E-state index in [1.165, 1.54) is 19.1 Å². The van der Waals surface area contributed by atoms with Crippen LogP contribution in [0.25, 0.3) is 0 Å². The second-order valence-electron chi connectivity index (χ2n) is 6.93. The van der Waals surface area contributed by atoms with Gasteiger partial charge in [0.25, 0.3) is 11.8 Å². The van der Waals surface area contributed by atoms with E-state index in [1.54, 1.807) is 49.1 Å². The number of benzene rings is 1. The highest BCUT2D eigenvalue weighted by molar-refractivity contribution is 7.98. The number of hydrogen-bond donors (Lipinski definition) is 1. The van der Waals surface area contributed by atoms with E-state index in [-0.39, 0.29) is 29.3 Å². The molecule has 0 aliphatic heterocycles. The summed E-state index contributed by atoms with van der Waals surface area (Å²) in [6, 6.07) is 7.86. The second kappa shape index (κ2) is 12.8. The number of anilines is 1. The number of nitrogens with zero attached hydrogens (tertiary/aromatic N) is 2. The van der Waals surface area contributed by atoms with E-state index in [2.05, 4.69) is 10.3 Å². The van der Waals surface area contributed by atoms with E-state index < -0.39 is 11.9 Å². The standard InChI is InChI=1S/C23H29N3O6S/c1-6-32-22-20(31-4)11-10-18(25-22)19(14-33-5)26(2)23(29)15-8-7-9-17(16(15)12-27)24-21(28)13-30-3/h7-12,19H,6,13-14H2,1-5H3,(H,24,28). The minimum absolute atomic E-state index is 0.0967. The zero-order chi connectivity index (χ0) is 24.4. The molecule has 2 amide bonds. The Bertz CT molecular complexity index is 985. The number of hydrogen-bond acceptors (Lipinski definition) is 8. The van der Waals surface area contributed by atoms with Crippen LogP contribution in [-0.4, -0.2) is 74.5 Å². The monoisotopic (exact) mass is 475 g/mol.